The van der Waals surface area contributed by atoms with Gasteiger partial charge >= 0.3 is 5.97 Å². The highest BCUT2D eigenvalue weighted by molar-refractivity contribution is 6.40. The van der Waals surface area contributed by atoms with Crippen LogP contribution in [-0.2, 0) is 51.2 Å². The van der Waals surface area contributed by atoms with Crippen LogP contribution in [0.3, 0.4) is 0 Å². The fraction of sp³-hybridized carbons (Fsp3) is 0.225. The number of benzene rings is 5. The summed E-state index contributed by atoms with van der Waals surface area (Å²) in [5.74, 6) is -3.26. The van der Waals surface area contributed by atoms with Crippen LogP contribution in [0.4, 0.5) is 14.5 Å². The molecule has 1 aliphatic heterocycles. The molecule has 5 aromatic carbocycles. The van der Waals surface area contributed by atoms with Crippen molar-refractivity contribution in [2.45, 2.75) is 45.1 Å². The lowest BCUT2D eigenvalue weighted by Crippen LogP contribution is -2.41. The van der Waals surface area contributed by atoms with E-state index >= 15 is 0 Å². The third-order valence-corrected chi connectivity index (χ3v) is 9.06. The quantitative estimate of drug-likeness (QED) is 0.115. The van der Waals surface area contributed by atoms with Crippen LogP contribution in [0.5, 0.6) is 0 Å². The van der Waals surface area contributed by atoms with Crippen molar-refractivity contribution in [1.82, 2.24) is 0 Å². The molecule has 1 fully saturated rings. The van der Waals surface area contributed by atoms with Gasteiger partial charge in [-0.25, -0.2) is 8.78 Å². The van der Waals surface area contributed by atoms with Gasteiger partial charge in [0.25, 0.3) is 0 Å². The average molecular weight is 703 g/mol. The second-order valence-electron chi connectivity index (χ2n) is 12.0. The van der Waals surface area contributed by atoms with Crippen molar-refractivity contribution in [2.24, 2.45) is 5.92 Å². The SMILES string of the molecule is O=C1CCC(Cc2ccc(F)cc2F)CN1c1c(Cl)cc(C(OCc2ccccc2)(OCc2ccccc2)OCc2ccccc2)cc1Cl. The second kappa shape index (κ2) is 16.1. The molecule has 1 atom stereocenters. The number of hydrogen-bond acceptors (Lipinski definition) is 4. The lowest BCUT2D eigenvalue weighted by Gasteiger charge is -2.36. The molecule has 0 aliphatic carbocycles. The molecule has 0 saturated carbocycles. The molecule has 0 bridgehead atoms. The van der Waals surface area contributed by atoms with E-state index in [1.807, 2.05) is 91.0 Å². The first-order valence-electron chi connectivity index (χ1n) is 16.1. The molecule has 252 valence electrons. The molecule has 0 aromatic heterocycles. The summed E-state index contributed by atoms with van der Waals surface area (Å²) in [6.45, 7) is 0.702. The Morgan fingerprint density at radius 2 is 1.18 bits per heavy atom. The van der Waals surface area contributed by atoms with Crippen molar-refractivity contribution in [3.05, 3.63) is 171 Å². The topological polar surface area (TPSA) is 48.0 Å². The van der Waals surface area contributed by atoms with E-state index in [-0.39, 0.29) is 54.7 Å². The van der Waals surface area contributed by atoms with Crippen LogP contribution in [0.25, 0.3) is 0 Å². The molecular weight excluding hydrogens is 667 g/mol. The van der Waals surface area contributed by atoms with Crippen LogP contribution in [0.2, 0.25) is 10.0 Å². The molecular formula is C40H35Cl2F2NO4. The number of anilines is 1. The second-order valence-corrected chi connectivity index (χ2v) is 12.8. The van der Waals surface area contributed by atoms with Crippen LogP contribution in [-0.4, -0.2) is 12.5 Å². The Bertz CT molecular complexity index is 1730. The van der Waals surface area contributed by atoms with Crippen molar-refractivity contribution in [3.8, 4) is 0 Å². The number of nitrogens with zero attached hydrogens (tertiary/aromatic N) is 1. The number of carbonyl (C=O) groups is 1. The molecule has 1 aliphatic rings. The third kappa shape index (κ3) is 8.74. The third-order valence-electron chi connectivity index (χ3n) is 8.49. The largest absolute Gasteiger partial charge is 0.319 e. The number of carbonyl (C=O) groups excluding carboxylic acids is 1. The van der Waals surface area contributed by atoms with Crippen molar-refractivity contribution in [1.29, 1.82) is 0 Å². The molecule has 9 heteroatoms. The average Bonchev–Trinajstić information content (AvgIpc) is 3.11. The van der Waals surface area contributed by atoms with E-state index < -0.39 is 17.6 Å². The Morgan fingerprint density at radius 1 is 0.694 bits per heavy atom. The summed E-state index contributed by atoms with van der Waals surface area (Å²) in [6.07, 6.45) is 1.11. The highest BCUT2D eigenvalue weighted by Crippen LogP contribution is 2.43. The minimum absolute atomic E-state index is 0.0961. The first-order valence-corrected chi connectivity index (χ1v) is 16.8. The van der Waals surface area contributed by atoms with Gasteiger partial charge in [0.1, 0.15) is 11.6 Å². The molecule has 1 amide bonds. The van der Waals surface area contributed by atoms with Crippen LogP contribution >= 0.6 is 23.2 Å². The first-order chi connectivity index (χ1) is 23.8. The summed E-state index contributed by atoms with van der Waals surface area (Å²) in [7, 11) is 0. The predicted octanol–water partition coefficient (Wildman–Crippen LogP) is 10.0. The Morgan fingerprint density at radius 3 is 1.65 bits per heavy atom. The Labute approximate surface area is 295 Å². The summed E-state index contributed by atoms with van der Waals surface area (Å²) >= 11 is 14.0. The maximum absolute atomic E-state index is 14.5. The summed E-state index contributed by atoms with van der Waals surface area (Å²) in [5.41, 5.74) is 3.83. The van der Waals surface area contributed by atoms with Gasteiger partial charge in [-0.3, -0.25) is 4.79 Å². The smallest absolute Gasteiger partial charge is 0.313 e. The summed E-state index contributed by atoms with van der Waals surface area (Å²) < 4.78 is 47.7. The number of piperidine rings is 1. The summed E-state index contributed by atoms with van der Waals surface area (Å²) in [4.78, 5) is 14.8. The molecule has 1 unspecified atom stereocenters. The van der Waals surface area contributed by atoms with Gasteiger partial charge in [-0.15, -0.1) is 0 Å². The van der Waals surface area contributed by atoms with Gasteiger partial charge in [-0.2, -0.15) is 0 Å². The molecule has 5 aromatic rings. The van der Waals surface area contributed by atoms with Crippen LogP contribution in [0, 0.1) is 17.6 Å². The monoisotopic (exact) mass is 701 g/mol. The maximum Gasteiger partial charge on any atom is 0.313 e. The molecule has 0 N–H and O–H groups in total. The van der Waals surface area contributed by atoms with E-state index in [4.69, 9.17) is 37.4 Å². The lowest BCUT2D eigenvalue weighted by molar-refractivity contribution is -0.407. The zero-order chi connectivity index (χ0) is 34.2. The minimum atomic E-state index is -1.76. The normalized spacial score (nSPS) is 15.1. The Balaban J connectivity index is 1.34. The van der Waals surface area contributed by atoms with Crippen LogP contribution in [0.1, 0.15) is 40.7 Å². The molecule has 1 heterocycles. The van der Waals surface area contributed by atoms with Gasteiger partial charge < -0.3 is 19.1 Å². The Kier molecular flexibility index (Phi) is 11.4. The van der Waals surface area contributed by atoms with E-state index in [0.717, 1.165) is 22.8 Å². The van der Waals surface area contributed by atoms with Gasteiger partial charge in [0, 0.05) is 24.6 Å². The standard InChI is InChI=1S/C40H35Cl2F2NO4/c41-35-21-33(22-36(42)39(35)45-24-31(16-19-38(45)46)20-32-17-18-34(43)23-37(32)44)40(47-25-28-10-4-1-5-11-28,48-26-29-12-6-2-7-13-29)49-27-30-14-8-3-9-15-30/h1-15,17-18,21-23,31H,16,19-20,24-27H2. The summed E-state index contributed by atoms with van der Waals surface area (Å²) in [5, 5.41) is 0.396. The van der Waals surface area contributed by atoms with Gasteiger partial charge in [-0.1, -0.05) is 120 Å². The van der Waals surface area contributed by atoms with E-state index in [2.05, 4.69) is 0 Å². The minimum Gasteiger partial charge on any atom is -0.319 e. The van der Waals surface area contributed by atoms with Crippen molar-refractivity contribution in [3.63, 3.8) is 0 Å². The number of ether oxygens (including phenoxy) is 3. The molecule has 49 heavy (non-hydrogen) atoms. The molecule has 0 spiro atoms. The zero-order valence-electron chi connectivity index (χ0n) is 26.7. The highest BCUT2D eigenvalue weighted by Gasteiger charge is 2.39. The van der Waals surface area contributed by atoms with Gasteiger partial charge in [0.05, 0.1) is 35.6 Å². The number of halogens is 4. The van der Waals surface area contributed by atoms with Crippen molar-refractivity contribution < 1.29 is 27.8 Å². The Hall–Kier alpha value is -4.11. The van der Waals surface area contributed by atoms with E-state index in [1.165, 1.54) is 12.1 Å². The zero-order valence-corrected chi connectivity index (χ0v) is 28.2. The maximum atomic E-state index is 14.5. The fourth-order valence-electron chi connectivity index (χ4n) is 5.93. The number of rotatable bonds is 13. The predicted molar refractivity (Wildman–Crippen MR) is 187 cm³/mol. The lowest BCUT2D eigenvalue weighted by atomic mass is 9.90. The van der Waals surface area contributed by atoms with Gasteiger partial charge in [0.15, 0.2) is 0 Å². The van der Waals surface area contributed by atoms with Gasteiger partial charge in [-0.05, 0) is 59.2 Å². The van der Waals surface area contributed by atoms with Crippen molar-refractivity contribution in [2.75, 3.05) is 11.4 Å². The first kappa shape index (κ1) is 34.7. The molecule has 0 radical (unpaired) electrons. The number of amides is 1. The molecule has 5 nitrogen and oxygen atoms in total. The van der Waals surface area contributed by atoms with Gasteiger partial charge in [0.2, 0.25) is 5.91 Å². The number of hydrogen-bond donors (Lipinski definition) is 0. The van der Waals surface area contributed by atoms with Crippen LogP contribution < -0.4 is 4.90 Å². The van der Waals surface area contributed by atoms with E-state index in [0.29, 0.717) is 29.7 Å². The highest BCUT2D eigenvalue weighted by atomic mass is 35.5. The van der Waals surface area contributed by atoms with E-state index in [9.17, 15) is 13.6 Å². The molecule has 1 saturated heterocycles. The summed E-state index contributed by atoms with van der Waals surface area (Å²) in [6, 6.07) is 35.8. The van der Waals surface area contributed by atoms with Crippen LogP contribution in [0.15, 0.2) is 121 Å². The fourth-order valence-corrected chi connectivity index (χ4v) is 6.62. The molecule has 6 rings (SSSR count). The van der Waals surface area contributed by atoms with Crippen molar-refractivity contribution >= 4 is 34.8 Å². The van der Waals surface area contributed by atoms with E-state index in [1.54, 1.807) is 17.0 Å².